The van der Waals surface area contributed by atoms with Gasteiger partial charge in [-0.1, -0.05) is 28.5 Å². The lowest BCUT2D eigenvalue weighted by Crippen LogP contribution is -2.16. The zero-order valence-electron chi connectivity index (χ0n) is 16.0. The predicted molar refractivity (Wildman–Crippen MR) is 113 cm³/mol. The molecule has 1 atom stereocenters. The van der Waals surface area contributed by atoms with E-state index in [0.717, 1.165) is 41.7 Å². The van der Waals surface area contributed by atoms with Crippen molar-refractivity contribution in [2.75, 3.05) is 6.61 Å². The van der Waals surface area contributed by atoms with Gasteiger partial charge in [-0.25, -0.2) is 0 Å². The lowest BCUT2D eigenvalue weighted by atomic mass is 10.2. The van der Waals surface area contributed by atoms with Gasteiger partial charge in [-0.2, -0.15) is 0 Å². The van der Waals surface area contributed by atoms with Crippen molar-refractivity contribution in [3.63, 3.8) is 0 Å². The molecular formula is C21H19ClN4O3S. The van der Waals surface area contributed by atoms with E-state index in [1.807, 2.05) is 42.5 Å². The second-order valence-electron chi connectivity index (χ2n) is 7.01. The van der Waals surface area contributed by atoms with Gasteiger partial charge in [0.05, 0.1) is 24.6 Å². The monoisotopic (exact) mass is 442 g/mol. The van der Waals surface area contributed by atoms with E-state index in [1.54, 1.807) is 18.0 Å². The van der Waals surface area contributed by atoms with Gasteiger partial charge in [-0.15, -0.1) is 10.2 Å². The van der Waals surface area contributed by atoms with Gasteiger partial charge in [-0.05, 0) is 49.2 Å². The van der Waals surface area contributed by atoms with Crippen molar-refractivity contribution >= 4 is 23.4 Å². The van der Waals surface area contributed by atoms with Crippen LogP contribution in [-0.2, 0) is 17.0 Å². The first-order valence-electron chi connectivity index (χ1n) is 9.69. The van der Waals surface area contributed by atoms with Crippen LogP contribution >= 0.6 is 23.4 Å². The molecule has 4 heterocycles. The van der Waals surface area contributed by atoms with Crippen LogP contribution in [0, 0.1) is 0 Å². The topological polar surface area (TPSA) is 79.1 Å². The zero-order chi connectivity index (χ0) is 20.3. The smallest absolute Gasteiger partial charge is 0.202 e. The van der Waals surface area contributed by atoms with Crippen molar-refractivity contribution in [3.8, 4) is 22.9 Å². The van der Waals surface area contributed by atoms with Crippen LogP contribution in [-0.4, -0.2) is 32.6 Å². The Hall–Kier alpha value is -2.55. The summed E-state index contributed by atoms with van der Waals surface area (Å²) in [5.41, 5.74) is 1.78. The number of furan rings is 1. The van der Waals surface area contributed by atoms with Crippen LogP contribution in [0.4, 0.5) is 0 Å². The molecular weight excluding hydrogens is 424 g/mol. The van der Waals surface area contributed by atoms with E-state index in [-0.39, 0.29) is 6.10 Å². The number of rotatable bonds is 7. The molecule has 9 heteroatoms. The number of halogens is 1. The molecule has 7 nitrogen and oxygen atoms in total. The number of aromatic nitrogens is 4. The van der Waals surface area contributed by atoms with Gasteiger partial charge in [0.15, 0.2) is 16.7 Å². The third-order valence-electron chi connectivity index (χ3n) is 4.90. The molecule has 0 amide bonds. The van der Waals surface area contributed by atoms with Crippen LogP contribution in [0.1, 0.15) is 18.5 Å². The van der Waals surface area contributed by atoms with Crippen LogP contribution in [0.5, 0.6) is 0 Å². The molecule has 3 aromatic heterocycles. The third kappa shape index (κ3) is 4.16. The highest BCUT2D eigenvalue weighted by Gasteiger charge is 2.22. The summed E-state index contributed by atoms with van der Waals surface area (Å²) in [4.78, 5) is 0. The standard InChI is InChI=1S/C21H19ClN4O3S/c22-15-7-5-14(6-8-15)20-23-24-21(26(20)12-17-3-1-9-27-17)30-13-16-11-19(29-25-16)18-4-2-10-28-18/h2,4-8,10-11,17H,1,3,9,12-13H2. The molecule has 0 saturated carbocycles. The molecule has 0 bridgehead atoms. The molecule has 1 aliphatic heterocycles. The molecule has 1 saturated heterocycles. The fourth-order valence-electron chi connectivity index (χ4n) is 3.42. The van der Waals surface area contributed by atoms with E-state index in [4.69, 9.17) is 25.3 Å². The van der Waals surface area contributed by atoms with Gasteiger partial charge < -0.3 is 13.7 Å². The van der Waals surface area contributed by atoms with E-state index >= 15 is 0 Å². The minimum Gasteiger partial charge on any atom is -0.461 e. The summed E-state index contributed by atoms with van der Waals surface area (Å²) in [7, 11) is 0. The Morgan fingerprint density at radius 2 is 2.03 bits per heavy atom. The Morgan fingerprint density at radius 1 is 1.13 bits per heavy atom. The maximum absolute atomic E-state index is 6.05. The Balaban J connectivity index is 1.37. The van der Waals surface area contributed by atoms with Gasteiger partial charge in [0.1, 0.15) is 0 Å². The zero-order valence-corrected chi connectivity index (χ0v) is 17.6. The molecule has 4 aromatic rings. The first-order chi connectivity index (χ1) is 14.8. The molecule has 1 aromatic carbocycles. The van der Waals surface area contributed by atoms with E-state index in [0.29, 0.717) is 28.8 Å². The summed E-state index contributed by atoms with van der Waals surface area (Å²) in [6.07, 6.45) is 3.90. The number of ether oxygens (including phenoxy) is 1. The molecule has 1 unspecified atom stereocenters. The van der Waals surface area contributed by atoms with Crippen molar-refractivity contribution in [2.24, 2.45) is 0 Å². The average Bonchev–Trinajstić information content (AvgIpc) is 3.55. The van der Waals surface area contributed by atoms with Crippen LogP contribution in [0.25, 0.3) is 22.9 Å². The largest absolute Gasteiger partial charge is 0.461 e. The van der Waals surface area contributed by atoms with E-state index in [9.17, 15) is 0 Å². The van der Waals surface area contributed by atoms with Crippen LogP contribution in [0.3, 0.4) is 0 Å². The van der Waals surface area contributed by atoms with E-state index in [1.165, 1.54) is 0 Å². The fraction of sp³-hybridized carbons (Fsp3) is 0.286. The van der Waals surface area contributed by atoms with Gasteiger partial charge >= 0.3 is 0 Å². The molecule has 0 aliphatic carbocycles. The maximum atomic E-state index is 6.05. The molecule has 30 heavy (non-hydrogen) atoms. The normalized spacial score (nSPS) is 16.4. The van der Waals surface area contributed by atoms with Crippen LogP contribution in [0.15, 0.2) is 62.8 Å². The second-order valence-corrected chi connectivity index (χ2v) is 8.39. The lowest BCUT2D eigenvalue weighted by molar-refractivity contribution is 0.0953. The minimum absolute atomic E-state index is 0.170. The van der Waals surface area contributed by atoms with Gasteiger partial charge in [0.25, 0.3) is 0 Å². The SMILES string of the molecule is Clc1ccc(-c2nnc(SCc3cc(-c4ccco4)on3)n2CC2CCCO2)cc1. The quantitative estimate of drug-likeness (QED) is 0.358. The summed E-state index contributed by atoms with van der Waals surface area (Å²) < 4.78 is 18.7. The molecule has 0 spiro atoms. The van der Waals surface area contributed by atoms with Crippen molar-refractivity contribution < 1.29 is 13.7 Å². The Labute approximate surface area is 182 Å². The predicted octanol–water partition coefficient (Wildman–Crippen LogP) is 5.32. The highest BCUT2D eigenvalue weighted by molar-refractivity contribution is 7.98. The van der Waals surface area contributed by atoms with Crippen LogP contribution in [0.2, 0.25) is 5.02 Å². The Morgan fingerprint density at radius 3 is 2.80 bits per heavy atom. The minimum atomic E-state index is 0.170. The van der Waals surface area contributed by atoms with Gasteiger partial charge in [0.2, 0.25) is 5.76 Å². The lowest BCUT2D eigenvalue weighted by Gasteiger charge is -2.14. The Kier molecular flexibility index (Phi) is 5.61. The van der Waals surface area contributed by atoms with Crippen molar-refractivity contribution in [3.05, 3.63) is 59.4 Å². The summed E-state index contributed by atoms with van der Waals surface area (Å²) in [5, 5.41) is 14.5. The van der Waals surface area contributed by atoms with Gasteiger partial charge in [0, 0.05) is 29.0 Å². The summed E-state index contributed by atoms with van der Waals surface area (Å²) in [6, 6.07) is 13.2. The van der Waals surface area contributed by atoms with E-state index in [2.05, 4.69) is 19.9 Å². The summed E-state index contributed by atoms with van der Waals surface area (Å²) in [5.74, 6) is 2.68. The van der Waals surface area contributed by atoms with Gasteiger partial charge in [-0.3, -0.25) is 4.57 Å². The number of benzene rings is 1. The highest BCUT2D eigenvalue weighted by atomic mass is 35.5. The van der Waals surface area contributed by atoms with Crippen molar-refractivity contribution in [1.29, 1.82) is 0 Å². The summed E-state index contributed by atoms with van der Waals surface area (Å²) in [6.45, 7) is 1.52. The van der Waals surface area contributed by atoms with Crippen molar-refractivity contribution in [2.45, 2.75) is 36.4 Å². The number of hydrogen-bond acceptors (Lipinski definition) is 7. The molecule has 5 rings (SSSR count). The molecule has 0 radical (unpaired) electrons. The summed E-state index contributed by atoms with van der Waals surface area (Å²) >= 11 is 7.62. The average molecular weight is 443 g/mol. The molecule has 1 fully saturated rings. The molecule has 1 aliphatic rings. The van der Waals surface area contributed by atoms with Crippen molar-refractivity contribution in [1.82, 2.24) is 19.9 Å². The maximum Gasteiger partial charge on any atom is 0.202 e. The first-order valence-corrected chi connectivity index (χ1v) is 11.1. The fourth-order valence-corrected chi connectivity index (χ4v) is 4.37. The molecule has 0 N–H and O–H groups in total. The molecule has 154 valence electrons. The van der Waals surface area contributed by atoms with Crippen LogP contribution < -0.4 is 0 Å². The third-order valence-corrected chi connectivity index (χ3v) is 6.15. The number of nitrogens with zero attached hydrogens (tertiary/aromatic N) is 4. The van der Waals surface area contributed by atoms with E-state index < -0.39 is 0 Å². The Bertz CT molecular complexity index is 1100. The highest BCUT2D eigenvalue weighted by Crippen LogP contribution is 2.30. The number of thioether (sulfide) groups is 1. The first kappa shape index (κ1) is 19.4. The number of hydrogen-bond donors (Lipinski definition) is 0. The second kappa shape index (κ2) is 8.67.